The molecule has 0 bridgehead atoms. The van der Waals surface area contributed by atoms with Crippen LogP contribution in [0.1, 0.15) is 44.5 Å². The molecule has 0 N–H and O–H groups in total. The van der Waals surface area contributed by atoms with Gasteiger partial charge in [-0.1, -0.05) is 95.1 Å². The average Bonchev–Trinajstić information content (AvgIpc) is 2.77. The van der Waals surface area contributed by atoms with Crippen LogP contribution in [-0.2, 0) is 0 Å². The quantitative estimate of drug-likeness (QED) is 0.204. The van der Waals surface area contributed by atoms with Crippen LogP contribution in [0.3, 0.4) is 0 Å². The smallest absolute Gasteiger partial charge is 0.0152 e. The van der Waals surface area contributed by atoms with E-state index in [2.05, 4.69) is 152 Å². The second-order valence-electron chi connectivity index (χ2n) is 9.27. The van der Waals surface area contributed by atoms with Crippen molar-refractivity contribution in [2.45, 2.75) is 55.4 Å². The normalized spacial score (nSPS) is 10.1. The summed E-state index contributed by atoms with van der Waals surface area (Å²) in [5.74, 6) is 0. The van der Waals surface area contributed by atoms with Crippen molar-refractivity contribution in [3.8, 4) is 22.3 Å². The lowest BCUT2D eigenvalue weighted by atomic mass is 9.94. The van der Waals surface area contributed by atoms with Gasteiger partial charge in [-0.25, -0.2) is 0 Å². The SMILES string of the molecule is Cc1ccc(-c2ccc(C)cc2C)c(C)c1.Cc1ccc(-c2ccc(C)cc2C)c(C)c1.SS. The van der Waals surface area contributed by atoms with Crippen LogP contribution in [0.5, 0.6) is 0 Å². The van der Waals surface area contributed by atoms with Gasteiger partial charge >= 0.3 is 0 Å². The lowest BCUT2D eigenvalue weighted by Crippen LogP contribution is -1.88. The third kappa shape index (κ3) is 7.29. The molecule has 0 spiro atoms. The number of hydrogen-bond acceptors (Lipinski definition) is 2. The molecule has 0 heterocycles. The summed E-state index contributed by atoms with van der Waals surface area (Å²) >= 11 is 6.44. The van der Waals surface area contributed by atoms with E-state index in [4.69, 9.17) is 0 Å². The lowest BCUT2D eigenvalue weighted by molar-refractivity contribution is 1.34. The van der Waals surface area contributed by atoms with Gasteiger partial charge in [0.15, 0.2) is 0 Å². The number of hydrogen-bond donors (Lipinski definition) is 2. The van der Waals surface area contributed by atoms with Gasteiger partial charge in [-0.15, -0.1) is 23.3 Å². The van der Waals surface area contributed by atoms with Gasteiger partial charge in [-0.3, -0.25) is 0 Å². The highest BCUT2D eigenvalue weighted by Gasteiger charge is 2.06. The highest BCUT2D eigenvalue weighted by Crippen LogP contribution is 2.29. The van der Waals surface area contributed by atoms with E-state index in [-0.39, 0.29) is 0 Å². The molecule has 2 heteroatoms. The second-order valence-corrected chi connectivity index (χ2v) is 9.27. The average molecular weight is 487 g/mol. The summed E-state index contributed by atoms with van der Waals surface area (Å²) in [6.45, 7) is 17.3. The minimum absolute atomic E-state index is 1.33. The van der Waals surface area contributed by atoms with Gasteiger partial charge in [0, 0.05) is 0 Å². The summed E-state index contributed by atoms with van der Waals surface area (Å²) in [6, 6.07) is 26.6. The Morgan fingerprint density at radius 2 is 0.500 bits per heavy atom. The standard InChI is InChI=1S/2C16H18.H2S2/c2*1-11-5-7-15(13(3)9-11)16-8-6-12(2)10-14(16)4;1-2/h2*5-10H,1-4H3;1-2H. The third-order valence-corrected chi connectivity index (χ3v) is 6.11. The topological polar surface area (TPSA) is 0 Å². The Labute approximate surface area is 217 Å². The van der Waals surface area contributed by atoms with Crippen LogP contribution >= 0.6 is 23.3 Å². The Bertz CT molecular complexity index is 1050. The minimum atomic E-state index is 1.33. The van der Waals surface area contributed by atoms with Crippen molar-refractivity contribution in [2.24, 2.45) is 0 Å². The van der Waals surface area contributed by atoms with Crippen LogP contribution in [0, 0.1) is 55.4 Å². The van der Waals surface area contributed by atoms with Crippen molar-refractivity contribution >= 4 is 23.3 Å². The van der Waals surface area contributed by atoms with Gasteiger partial charge < -0.3 is 0 Å². The van der Waals surface area contributed by atoms with E-state index in [0.29, 0.717) is 0 Å². The molecule has 0 aromatic heterocycles. The third-order valence-electron chi connectivity index (χ3n) is 6.11. The van der Waals surface area contributed by atoms with Gasteiger partial charge in [0.25, 0.3) is 0 Å². The van der Waals surface area contributed by atoms with Crippen molar-refractivity contribution < 1.29 is 0 Å². The van der Waals surface area contributed by atoms with Crippen molar-refractivity contribution in [3.05, 3.63) is 117 Å². The summed E-state index contributed by atoms with van der Waals surface area (Å²) in [6.07, 6.45) is 0. The first kappa shape index (κ1) is 27.8. The van der Waals surface area contributed by atoms with Gasteiger partial charge in [0.1, 0.15) is 0 Å². The Hall–Kier alpha value is -2.42. The molecule has 4 rings (SSSR count). The van der Waals surface area contributed by atoms with Crippen molar-refractivity contribution in [3.63, 3.8) is 0 Å². The van der Waals surface area contributed by atoms with Crippen LogP contribution in [0.4, 0.5) is 0 Å². The number of aryl methyl sites for hydroxylation is 8. The zero-order chi connectivity index (χ0) is 25.4. The highest BCUT2D eigenvalue weighted by atomic mass is 33.1. The Balaban J connectivity index is 0.000000224. The first-order valence-corrected chi connectivity index (χ1v) is 13.3. The molecule has 0 radical (unpaired) electrons. The molecule has 0 nitrogen and oxygen atoms in total. The van der Waals surface area contributed by atoms with E-state index in [0.717, 1.165) is 0 Å². The van der Waals surface area contributed by atoms with Crippen LogP contribution in [0.25, 0.3) is 22.3 Å². The van der Waals surface area contributed by atoms with Crippen molar-refractivity contribution in [2.75, 3.05) is 0 Å². The van der Waals surface area contributed by atoms with E-state index >= 15 is 0 Å². The van der Waals surface area contributed by atoms with Crippen LogP contribution in [0.2, 0.25) is 0 Å². The molecule has 0 aliphatic carbocycles. The van der Waals surface area contributed by atoms with Crippen molar-refractivity contribution in [1.82, 2.24) is 0 Å². The predicted molar refractivity (Wildman–Crippen MR) is 160 cm³/mol. The van der Waals surface area contributed by atoms with E-state index in [1.165, 1.54) is 66.8 Å². The molecular weight excluding hydrogens is 448 g/mol. The molecule has 0 aliphatic rings. The molecule has 178 valence electrons. The number of rotatable bonds is 2. The number of thiol groups is 2. The summed E-state index contributed by atoms with van der Waals surface area (Å²) in [7, 11) is 0. The summed E-state index contributed by atoms with van der Waals surface area (Å²) in [5, 5.41) is 0. The molecule has 4 aromatic carbocycles. The first-order valence-electron chi connectivity index (χ1n) is 11.7. The fourth-order valence-corrected chi connectivity index (χ4v) is 4.46. The predicted octanol–water partition coefficient (Wildman–Crippen LogP) is 9.94. The molecule has 0 unspecified atom stereocenters. The highest BCUT2D eigenvalue weighted by molar-refractivity contribution is 8.59. The minimum Gasteiger partial charge on any atom is -0.115 e. The summed E-state index contributed by atoms with van der Waals surface area (Å²) in [4.78, 5) is 0. The first-order chi connectivity index (χ1) is 16.2. The molecule has 0 amide bonds. The maximum absolute atomic E-state index is 3.22. The second kappa shape index (κ2) is 12.9. The maximum Gasteiger partial charge on any atom is -0.0152 e. The van der Waals surface area contributed by atoms with Gasteiger partial charge in [-0.2, -0.15) is 0 Å². The maximum atomic E-state index is 3.22. The largest absolute Gasteiger partial charge is 0.115 e. The summed E-state index contributed by atoms with van der Waals surface area (Å²) < 4.78 is 0. The number of benzene rings is 4. The molecule has 0 saturated heterocycles. The van der Waals surface area contributed by atoms with E-state index in [9.17, 15) is 0 Å². The molecule has 0 aliphatic heterocycles. The molecule has 0 fully saturated rings. The molecule has 0 saturated carbocycles. The Morgan fingerprint density at radius 1 is 0.324 bits per heavy atom. The molecule has 4 aromatic rings. The monoisotopic (exact) mass is 486 g/mol. The molecule has 34 heavy (non-hydrogen) atoms. The van der Waals surface area contributed by atoms with Crippen LogP contribution < -0.4 is 0 Å². The van der Waals surface area contributed by atoms with Gasteiger partial charge in [0.2, 0.25) is 0 Å². The van der Waals surface area contributed by atoms with Crippen molar-refractivity contribution in [1.29, 1.82) is 0 Å². The molecule has 0 atom stereocenters. The fourth-order valence-electron chi connectivity index (χ4n) is 4.46. The van der Waals surface area contributed by atoms with E-state index in [1.54, 1.807) is 0 Å². The zero-order valence-electron chi connectivity index (χ0n) is 21.8. The van der Waals surface area contributed by atoms with Crippen LogP contribution in [-0.4, -0.2) is 0 Å². The van der Waals surface area contributed by atoms with E-state index < -0.39 is 0 Å². The zero-order valence-corrected chi connectivity index (χ0v) is 23.6. The lowest BCUT2D eigenvalue weighted by Gasteiger charge is -2.10. The Morgan fingerprint density at radius 3 is 0.647 bits per heavy atom. The fraction of sp³-hybridized carbons (Fsp3) is 0.250. The molecular formula is C32H38S2. The summed E-state index contributed by atoms with van der Waals surface area (Å²) in [5.41, 5.74) is 16.1. The van der Waals surface area contributed by atoms with E-state index in [1.807, 2.05) is 0 Å². The Kier molecular flexibility index (Phi) is 10.5. The van der Waals surface area contributed by atoms with Crippen LogP contribution in [0.15, 0.2) is 72.8 Å². The van der Waals surface area contributed by atoms with Gasteiger partial charge in [0.05, 0.1) is 0 Å². The van der Waals surface area contributed by atoms with Gasteiger partial charge in [-0.05, 0) is 99.9 Å².